The van der Waals surface area contributed by atoms with Crippen molar-refractivity contribution < 1.29 is 14.3 Å². The molecule has 0 saturated carbocycles. The average Bonchev–Trinajstić information content (AvgIpc) is 2.79. The first-order chi connectivity index (χ1) is 9.80. The van der Waals surface area contributed by atoms with E-state index in [-0.39, 0.29) is 18.3 Å². The van der Waals surface area contributed by atoms with Gasteiger partial charge in [0.05, 0.1) is 17.6 Å². The highest BCUT2D eigenvalue weighted by Crippen LogP contribution is 2.27. The van der Waals surface area contributed by atoms with Gasteiger partial charge in [0.1, 0.15) is 5.60 Å². The maximum Gasteiger partial charge on any atom is 0.311 e. The molecule has 0 spiro atoms. The molecule has 1 aliphatic rings. The van der Waals surface area contributed by atoms with Crippen LogP contribution < -0.4 is 4.90 Å². The van der Waals surface area contributed by atoms with E-state index in [2.05, 4.69) is 0 Å². The summed E-state index contributed by atoms with van der Waals surface area (Å²) in [5.41, 5.74) is 0.569. The number of anilines is 1. The zero-order valence-electron chi connectivity index (χ0n) is 12.4. The van der Waals surface area contributed by atoms with E-state index in [1.807, 2.05) is 6.07 Å². The van der Waals surface area contributed by atoms with Crippen LogP contribution in [0.25, 0.3) is 0 Å². The monoisotopic (exact) mass is 286 g/mol. The number of carbonyl (C=O) groups excluding carboxylic acids is 2. The van der Waals surface area contributed by atoms with Gasteiger partial charge in [-0.25, -0.2) is 0 Å². The van der Waals surface area contributed by atoms with Gasteiger partial charge >= 0.3 is 5.97 Å². The standard InChI is InChI=1S/C16H18N2O3/c1-16(2,3)21-15(20)12-8-14(19)18(10-12)13-6-4-5-11(7-13)9-17/h4-7,12H,8,10H2,1-3H3/t12-/m0/s1. The van der Waals surface area contributed by atoms with Gasteiger partial charge in [-0.05, 0) is 39.0 Å². The van der Waals surface area contributed by atoms with Crippen LogP contribution in [0.1, 0.15) is 32.8 Å². The fraction of sp³-hybridized carbons (Fsp3) is 0.438. The quantitative estimate of drug-likeness (QED) is 0.782. The zero-order chi connectivity index (χ0) is 15.6. The van der Waals surface area contributed by atoms with Gasteiger partial charge in [-0.2, -0.15) is 5.26 Å². The average molecular weight is 286 g/mol. The summed E-state index contributed by atoms with van der Waals surface area (Å²) in [4.78, 5) is 25.7. The third-order valence-corrected chi connectivity index (χ3v) is 3.15. The van der Waals surface area contributed by atoms with Gasteiger partial charge in [0.15, 0.2) is 0 Å². The van der Waals surface area contributed by atoms with Crippen LogP contribution >= 0.6 is 0 Å². The van der Waals surface area contributed by atoms with Gasteiger partial charge in [-0.15, -0.1) is 0 Å². The van der Waals surface area contributed by atoms with E-state index in [9.17, 15) is 9.59 Å². The minimum absolute atomic E-state index is 0.124. The molecule has 0 N–H and O–H groups in total. The number of benzene rings is 1. The summed E-state index contributed by atoms with van der Waals surface area (Å²) >= 11 is 0. The summed E-state index contributed by atoms with van der Waals surface area (Å²) in [6, 6.07) is 8.85. The van der Waals surface area contributed by atoms with Crippen LogP contribution in [0.3, 0.4) is 0 Å². The Morgan fingerprint density at radius 3 is 2.76 bits per heavy atom. The Labute approximate surface area is 124 Å². The lowest BCUT2D eigenvalue weighted by Gasteiger charge is -2.22. The molecular weight excluding hydrogens is 268 g/mol. The highest BCUT2D eigenvalue weighted by Gasteiger charge is 2.37. The largest absolute Gasteiger partial charge is 0.460 e. The van der Waals surface area contributed by atoms with Gasteiger partial charge in [-0.1, -0.05) is 6.07 Å². The second kappa shape index (κ2) is 5.57. The first-order valence-electron chi connectivity index (χ1n) is 6.83. The minimum Gasteiger partial charge on any atom is -0.460 e. The van der Waals surface area contributed by atoms with E-state index in [1.165, 1.54) is 4.90 Å². The Hall–Kier alpha value is -2.35. The van der Waals surface area contributed by atoms with Gasteiger partial charge in [0.2, 0.25) is 5.91 Å². The summed E-state index contributed by atoms with van der Waals surface area (Å²) in [5, 5.41) is 8.91. The molecule has 1 saturated heterocycles. The van der Waals surface area contributed by atoms with E-state index in [0.29, 0.717) is 17.8 Å². The molecule has 1 heterocycles. The van der Waals surface area contributed by atoms with Gasteiger partial charge in [0.25, 0.3) is 0 Å². The zero-order valence-corrected chi connectivity index (χ0v) is 12.4. The van der Waals surface area contributed by atoms with E-state index in [4.69, 9.17) is 10.00 Å². The summed E-state index contributed by atoms with van der Waals surface area (Å²) in [7, 11) is 0. The molecule has 1 aromatic rings. The molecule has 0 unspecified atom stereocenters. The molecule has 0 aliphatic carbocycles. The van der Waals surface area contributed by atoms with Crippen LogP contribution in [0.15, 0.2) is 24.3 Å². The molecular formula is C16H18N2O3. The van der Waals surface area contributed by atoms with Crippen molar-refractivity contribution in [1.82, 2.24) is 0 Å². The number of hydrogen-bond donors (Lipinski definition) is 0. The van der Waals surface area contributed by atoms with Crippen molar-refractivity contribution in [3.63, 3.8) is 0 Å². The third kappa shape index (κ3) is 3.60. The van der Waals surface area contributed by atoms with Gasteiger partial charge < -0.3 is 9.64 Å². The molecule has 21 heavy (non-hydrogen) atoms. The molecule has 0 radical (unpaired) electrons. The lowest BCUT2D eigenvalue weighted by Crippen LogP contribution is -2.30. The molecule has 5 heteroatoms. The van der Waals surface area contributed by atoms with Crippen molar-refractivity contribution in [3.05, 3.63) is 29.8 Å². The number of nitrogens with zero attached hydrogens (tertiary/aromatic N) is 2. The number of nitriles is 1. The molecule has 110 valence electrons. The number of hydrogen-bond acceptors (Lipinski definition) is 4. The smallest absolute Gasteiger partial charge is 0.311 e. The summed E-state index contributed by atoms with van der Waals surface area (Å²) in [5.74, 6) is -0.932. The van der Waals surface area contributed by atoms with Crippen molar-refractivity contribution >= 4 is 17.6 Å². The minimum atomic E-state index is -0.561. The van der Waals surface area contributed by atoms with E-state index in [0.717, 1.165) is 0 Å². The number of rotatable bonds is 2. The van der Waals surface area contributed by atoms with E-state index >= 15 is 0 Å². The fourth-order valence-corrected chi connectivity index (χ4v) is 2.24. The van der Waals surface area contributed by atoms with E-state index in [1.54, 1.807) is 45.0 Å². The van der Waals surface area contributed by atoms with Crippen molar-refractivity contribution in [3.8, 4) is 6.07 Å². The molecule has 0 aromatic heterocycles. The predicted molar refractivity (Wildman–Crippen MR) is 77.5 cm³/mol. The molecule has 1 fully saturated rings. The topological polar surface area (TPSA) is 70.4 Å². The molecule has 1 aliphatic heterocycles. The van der Waals surface area contributed by atoms with Gasteiger partial charge in [-0.3, -0.25) is 9.59 Å². The molecule has 2 rings (SSSR count). The number of ether oxygens (including phenoxy) is 1. The molecule has 0 bridgehead atoms. The predicted octanol–water partition coefficient (Wildman–Crippen LogP) is 2.25. The van der Waals surface area contributed by atoms with E-state index < -0.39 is 11.5 Å². The Morgan fingerprint density at radius 2 is 2.14 bits per heavy atom. The van der Waals surface area contributed by atoms with Crippen LogP contribution in [0.4, 0.5) is 5.69 Å². The molecule has 5 nitrogen and oxygen atoms in total. The second-order valence-electron chi connectivity index (χ2n) is 6.10. The Morgan fingerprint density at radius 1 is 1.43 bits per heavy atom. The summed E-state index contributed by atoms with van der Waals surface area (Å²) < 4.78 is 5.33. The Bertz CT molecular complexity index is 611. The highest BCUT2D eigenvalue weighted by atomic mass is 16.6. The second-order valence-corrected chi connectivity index (χ2v) is 6.10. The van der Waals surface area contributed by atoms with Crippen molar-refractivity contribution in [1.29, 1.82) is 5.26 Å². The molecule has 1 amide bonds. The van der Waals surface area contributed by atoms with Crippen LogP contribution in [0.2, 0.25) is 0 Å². The lowest BCUT2D eigenvalue weighted by atomic mass is 10.1. The van der Waals surface area contributed by atoms with Gasteiger partial charge in [0, 0.05) is 18.7 Å². The van der Waals surface area contributed by atoms with Crippen LogP contribution in [0.5, 0.6) is 0 Å². The summed E-state index contributed by atoms with van der Waals surface area (Å²) in [6.45, 7) is 5.70. The SMILES string of the molecule is CC(C)(C)OC(=O)[C@H]1CC(=O)N(c2cccc(C#N)c2)C1. The highest BCUT2D eigenvalue weighted by molar-refractivity contribution is 5.99. The van der Waals surface area contributed by atoms with Crippen molar-refractivity contribution in [2.24, 2.45) is 5.92 Å². The molecule has 1 atom stereocenters. The van der Waals surface area contributed by atoms with Crippen LogP contribution in [-0.4, -0.2) is 24.0 Å². The summed E-state index contributed by atoms with van der Waals surface area (Å²) in [6.07, 6.45) is 0.145. The lowest BCUT2D eigenvalue weighted by molar-refractivity contribution is -0.159. The first-order valence-corrected chi connectivity index (χ1v) is 6.83. The number of esters is 1. The molecule has 1 aromatic carbocycles. The Kier molecular flexibility index (Phi) is 3.99. The Balaban J connectivity index is 2.13. The normalized spacial score (nSPS) is 18.5. The number of amides is 1. The number of carbonyl (C=O) groups is 2. The fourth-order valence-electron chi connectivity index (χ4n) is 2.24. The third-order valence-electron chi connectivity index (χ3n) is 3.15. The van der Waals surface area contributed by atoms with Crippen LogP contribution in [0, 0.1) is 17.2 Å². The van der Waals surface area contributed by atoms with Crippen molar-refractivity contribution in [2.75, 3.05) is 11.4 Å². The van der Waals surface area contributed by atoms with Crippen LogP contribution in [-0.2, 0) is 14.3 Å². The maximum atomic E-state index is 12.1. The van der Waals surface area contributed by atoms with Crippen molar-refractivity contribution in [2.45, 2.75) is 32.8 Å². The first kappa shape index (κ1) is 15.0. The maximum absolute atomic E-state index is 12.1.